The Hall–Kier alpha value is -3.16. The van der Waals surface area contributed by atoms with Gasteiger partial charge in [0, 0.05) is 19.5 Å². The molecule has 0 spiro atoms. The van der Waals surface area contributed by atoms with E-state index in [1.807, 2.05) is 74.5 Å². The van der Waals surface area contributed by atoms with E-state index in [9.17, 15) is 14.5 Å². The molecule has 3 rings (SSSR count). The SMILES string of the molecule is COc1ccc(P(=O)(OCc2ccccc2)N(CC(C)C)C[C@@H](O)[C@H](Cc2ccccc2)OC(N)=O)cc1. The molecule has 3 atom stereocenters. The number of rotatable bonds is 14. The molecular formula is C29H37N2O6P. The highest BCUT2D eigenvalue weighted by molar-refractivity contribution is 7.64. The summed E-state index contributed by atoms with van der Waals surface area (Å²) in [7, 11) is -2.13. The van der Waals surface area contributed by atoms with E-state index in [-0.39, 0.29) is 25.5 Å². The van der Waals surface area contributed by atoms with Crippen molar-refractivity contribution in [3.8, 4) is 5.75 Å². The van der Waals surface area contributed by atoms with Crippen LogP contribution in [0, 0.1) is 5.92 Å². The predicted molar refractivity (Wildman–Crippen MR) is 148 cm³/mol. The smallest absolute Gasteiger partial charge is 0.404 e. The maximum Gasteiger partial charge on any atom is 0.404 e. The highest BCUT2D eigenvalue weighted by atomic mass is 31.2. The van der Waals surface area contributed by atoms with E-state index in [0.29, 0.717) is 17.6 Å². The number of carbonyl (C=O) groups excluding carboxylic acids is 1. The third kappa shape index (κ3) is 8.43. The maximum atomic E-state index is 14.8. The Morgan fingerprint density at radius 2 is 1.50 bits per heavy atom. The zero-order valence-electron chi connectivity index (χ0n) is 22.1. The summed E-state index contributed by atoms with van der Waals surface area (Å²) in [5.74, 6) is 0.718. The molecule has 3 N–H and O–H groups in total. The standard InChI is InChI=1S/C29H37N2O6P/c1-22(2)19-31(20-27(32)28(37-29(30)33)18-23-10-6-4-7-11-23)38(34,26-16-14-25(35-3)15-17-26)36-21-24-12-8-5-9-13-24/h4-17,22,27-28,32H,18-21H2,1-3H3,(H2,30,33)/t27-,28+,38?/m1/s1. The summed E-state index contributed by atoms with van der Waals surface area (Å²) in [6.07, 6.45) is -2.87. The van der Waals surface area contributed by atoms with Crippen molar-refractivity contribution in [3.05, 3.63) is 96.1 Å². The van der Waals surface area contributed by atoms with E-state index in [1.54, 1.807) is 36.0 Å². The van der Waals surface area contributed by atoms with Crippen molar-refractivity contribution in [1.29, 1.82) is 0 Å². The van der Waals surface area contributed by atoms with Crippen LogP contribution >= 0.6 is 7.52 Å². The summed E-state index contributed by atoms with van der Waals surface area (Å²) in [5, 5.41) is 11.8. The molecule has 3 aromatic carbocycles. The quantitative estimate of drug-likeness (QED) is 0.284. The Morgan fingerprint density at radius 3 is 2.03 bits per heavy atom. The lowest BCUT2D eigenvalue weighted by Gasteiger charge is -2.35. The molecule has 8 nitrogen and oxygen atoms in total. The number of carbonyl (C=O) groups is 1. The van der Waals surface area contributed by atoms with Crippen molar-refractivity contribution >= 4 is 18.9 Å². The normalized spacial score (nSPS) is 14.6. The number of hydrogen-bond acceptors (Lipinski definition) is 6. The number of ether oxygens (including phenoxy) is 2. The van der Waals surface area contributed by atoms with Gasteiger partial charge in [-0.25, -0.2) is 9.46 Å². The molecule has 0 heterocycles. The van der Waals surface area contributed by atoms with E-state index in [2.05, 4.69) is 0 Å². The first-order chi connectivity index (χ1) is 18.2. The Labute approximate surface area is 224 Å². The third-order valence-corrected chi connectivity index (χ3v) is 8.47. The van der Waals surface area contributed by atoms with Crippen LogP contribution in [0.5, 0.6) is 5.75 Å². The van der Waals surface area contributed by atoms with Gasteiger partial charge < -0.3 is 24.8 Å². The van der Waals surface area contributed by atoms with Gasteiger partial charge >= 0.3 is 13.6 Å². The number of primary amides is 1. The average Bonchev–Trinajstić information content (AvgIpc) is 2.91. The maximum absolute atomic E-state index is 14.8. The van der Waals surface area contributed by atoms with E-state index in [0.717, 1.165) is 11.1 Å². The van der Waals surface area contributed by atoms with E-state index in [1.165, 1.54) is 0 Å². The second-order valence-electron chi connectivity index (χ2n) is 9.48. The van der Waals surface area contributed by atoms with Crippen molar-refractivity contribution in [1.82, 2.24) is 4.67 Å². The predicted octanol–water partition coefficient (Wildman–Crippen LogP) is 4.76. The fraction of sp³-hybridized carbons (Fsp3) is 0.345. The molecule has 0 radical (unpaired) electrons. The first-order valence-corrected chi connectivity index (χ1v) is 14.2. The van der Waals surface area contributed by atoms with Crippen molar-refractivity contribution in [2.24, 2.45) is 11.7 Å². The van der Waals surface area contributed by atoms with Crippen LogP contribution in [0.2, 0.25) is 0 Å². The van der Waals surface area contributed by atoms with Gasteiger partial charge in [-0.3, -0.25) is 4.57 Å². The van der Waals surface area contributed by atoms with Crippen LogP contribution in [0.3, 0.4) is 0 Å². The number of amides is 1. The van der Waals surface area contributed by atoms with Gasteiger partial charge in [-0.05, 0) is 41.3 Å². The molecule has 3 aromatic rings. The van der Waals surface area contributed by atoms with E-state index >= 15 is 0 Å². The number of hydrogen-bond donors (Lipinski definition) is 2. The lowest BCUT2D eigenvalue weighted by atomic mass is 10.0. The monoisotopic (exact) mass is 540 g/mol. The zero-order valence-corrected chi connectivity index (χ0v) is 23.0. The van der Waals surface area contributed by atoms with Gasteiger partial charge in [0.05, 0.1) is 19.0 Å². The molecule has 1 unspecified atom stereocenters. The summed E-state index contributed by atoms with van der Waals surface area (Å²) in [6, 6.07) is 25.7. The molecule has 0 bridgehead atoms. The van der Waals surface area contributed by atoms with E-state index < -0.39 is 25.8 Å². The lowest BCUT2D eigenvalue weighted by molar-refractivity contribution is -0.00352. The molecule has 204 valence electrons. The minimum absolute atomic E-state index is 0.0684. The molecule has 0 aliphatic carbocycles. The molecule has 0 aliphatic heterocycles. The molecular weight excluding hydrogens is 503 g/mol. The molecule has 38 heavy (non-hydrogen) atoms. The van der Waals surface area contributed by atoms with Gasteiger partial charge in [0.1, 0.15) is 18.0 Å². The third-order valence-electron chi connectivity index (χ3n) is 5.97. The molecule has 0 fully saturated rings. The Bertz CT molecular complexity index is 1170. The Morgan fingerprint density at radius 1 is 0.921 bits per heavy atom. The summed E-state index contributed by atoms with van der Waals surface area (Å²) in [5.41, 5.74) is 7.07. The second-order valence-corrected chi connectivity index (χ2v) is 11.9. The van der Waals surface area contributed by atoms with Gasteiger partial charge in [0.2, 0.25) is 0 Å². The molecule has 0 saturated heterocycles. The number of nitrogens with zero attached hydrogens (tertiary/aromatic N) is 1. The van der Waals surface area contributed by atoms with E-state index in [4.69, 9.17) is 19.7 Å². The number of methoxy groups -OCH3 is 1. The Kier molecular flexibility index (Phi) is 10.9. The summed E-state index contributed by atoms with van der Waals surface area (Å²) < 4.78 is 33.3. The minimum atomic E-state index is -3.70. The molecule has 0 saturated carbocycles. The first kappa shape index (κ1) is 29.4. The van der Waals surface area contributed by atoms with Gasteiger partial charge in [-0.15, -0.1) is 0 Å². The van der Waals surface area contributed by atoms with Gasteiger partial charge in [-0.2, -0.15) is 0 Å². The molecule has 0 aromatic heterocycles. The van der Waals surface area contributed by atoms with Crippen molar-refractivity contribution in [3.63, 3.8) is 0 Å². The lowest BCUT2D eigenvalue weighted by Crippen LogP contribution is -2.44. The molecule has 0 aliphatic rings. The van der Waals surface area contributed by atoms with Crippen LogP contribution in [0.15, 0.2) is 84.9 Å². The largest absolute Gasteiger partial charge is 0.497 e. The van der Waals surface area contributed by atoms with Crippen LogP contribution in [-0.4, -0.2) is 48.3 Å². The van der Waals surface area contributed by atoms with Gasteiger partial charge in [0.25, 0.3) is 0 Å². The summed E-state index contributed by atoms with van der Waals surface area (Å²) in [6.45, 7) is 4.40. The van der Waals surface area contributed by atoms with Crippen molar-refractivity contribution < 1.29 is 28.5 Å². The topological polar surface area (TPSA) is 111 Å². The Balaban J connectivity index is 1.95. The minimum Gasteiger partial charge on any atom is -0.497 e. The van der Waals surface area contributed by atoms with Crippen LogP contribution < -0.4 is 15.8 Å². The fourth-order valence-electron chi connectivity index (χ4n) is 4.12. The average molecular weight is 541 g/mol. The highest BCUT2D eigenvalue weighted by Crippen LogP contribution is 2.51. The molecule has 9 heteroatoms. The van der Waals surface area contributed by atoms with Crippen molar-refractivity contribution in [2.75, 3.05) is 20.2 Å². The summed E-state index contributed by atoms with van der Waals surface area (Å²) >= 11 is 0. The van der Waals surface area contributed by atoms with Gasteiger partial charge in [-0.1, -0.05) is 74.5 Å². The molecule has 1 amide bonds. The van der Waals surface area contributed by atoms with Crippen LogP contribution in [-0.2, 0) is 26.9 Å². The zero-order chi connectivity index (χ0) is 27.5. The van der Waals surface area contributed by atoms with Crippen LogP contribution in [0.25, 0.3) is 0 Å². The fourth-order valence-corrected chi connectivity index (χ4v) is 6.54. The van der Waals surface area contributed by atoms with Gasteiger partial charge in [0.15, 0.2) is 0 Å². The number of aliphatic hydroxyl groups is 1. The summed E-state index contributed by atoms with van der Waals surface area (Å²) in [4.78, 5) is 11.7. The first-order valence-electron chi connectivity index (χ1n) is 12.6. The van der Waals surface area contributed by atoms with Crippen LogP contribution in [0.1, 0.15) is 25.0 Å². The number of nitrogens with two attached hydrogens (primary N) is 1. The number of aliphatic hydroxyl groups excluding tert-OH is 1. The number of benzene rings is 3. The van der Waals surface area contributed by atoms with Crippen molar-refractivity contribution in [2.45, 2.75) is 39.1 Å². The highest BCUT2D eigenvalue weighted by Gasteiger charge is 2.38. The second kappa shape index (κ2) is 14.1. The van der Waals surface area contributed by atoms with Crippen LogP contribution in [0.4, 0.5) is 4.79 Å².